The van der Waals surface area contributed by atoms with Crippen molar-refractivity contribution >= 4 is 5.97 Å². The number of ether oxygens (including phenoxy) is 1. The van der Waals surface area contributed by atoms with Gasteiger partial charge in [-0.05, 0) is 63.6 Å². The molecular formula is C33H64FN3O3. The fourth-order valence-electron chi connectivity index (χ4n) is 1.94. The molecule has 0 aliphatic rings. The summed E-state index contributed by atoms with van der Waals surface area (Å²) in [6.07, 6.45) is 4.05. The molecule has 0 saturated heterocycles. The van der Waals surface area contributed by atoms with E-state index in [9.17, 15) is 9.18 Å². The highest BCUT2D eigenvalue weighted by atomic mass is 19.1. The number of halogens is 1. The number of allylic oxidation sites excluding steroid dienone is 2. The summed E-state index contributed by atoms with van der Waals surface area (Å²) in [7, 11) is 0. The Kier molecular flexibility index (Phi) is 50.8. The summed E-state index contributed by atoms with van der Waals surface area (Å²) in [6.45, 7) is 33.6. The Morgan fingerprint density at radius 3 is 1.82 bits per heavy atom. The van der Waals surface area contributed by atoms with Crippen LogP contribution in [0.2, 0.25) is 0 Å². The molecule has 236 valence electrons. The molecule has 0 spiro atoms. The van der Waals surface area contributed by atoms with Gasteiger partial charge in [0.05, 0.1) is 12.7 Å². The number of rotatable bonds is 8. The van der Waals surface area contributed by atoms with E-state index in [4.69, 9.17) is 20.8 Å². The Morgan fingerprint density at radius 1 is 1.12 bits per heavy atom. The SMILES string of the molecule is C=C(C)C.C=C(C)NCCCC(C)COC(C)=O.CC.CC#N.CC(C)N.CCC.CCc1cccc(F)c1O. The molecule has 1 rings (SSSR count). The number of nitriles is 1. The number of benzene rings is 1. The third-order valence-corrected chi connectivity index (χ3v) is 3.32. The number of aryl methyl sites for hydroxylation is 1. The molecule has 1 unspecified atom stereocenters. The van der Waals surface area contributed by atoms with Crippen molar-refractivity contribution in [1.82, 2.24) is 5.32 Å². The lowest BCUT2D eigenvalue weighted by atomic mass is 10.1. The molecular weight excluding hydrogens is 505 g/mol. The van der Waals surface area contributed by atoms with E-state index >= 15 is 0 Å². The van der Waals surface area contributed by atoms with Gasteiger partial charge in [0.2, 0.25) is 0 Å². The Balaban J connectivity index is -0.0000000964. The average molecular weight is 570 g/mol. The number of phenols is 1. The normalized spacial score (nSPS) is 8.97. The first-order valence-corrected chi connectivity index (χ1v) is 14.2. The number of hydrogen-bond donors (Lipinski definition) is 3. The highest BCUT2D eigenvalue weighted by Crippen LogP contribution is 2.20. The number of phenolic OH excluding ortho intramolecular Hbond substituents is 1. The number of hydrogen-bond acceptors (Lipinski definition) is 6. The van der Waals surface area contributed by atoms with Crippen LogP contribution in [0, 0.1) is 23.1 Å². The zero-order valence-corrected chi connectivity index (χ0v) is 28.2. The smallest absolute Gasteiger partial charge is 0.302 e. The number of nitrogens with one attached hydrogen (secondary N) is 1. The molecule has 0 aliphatic carbocycles. The first-order valence-electron chi connectivity index (χ1n) is 14.2. The lowest BCUT2D eigenvalue weighted by molar-refractivity contribution is -0.142. The highest BCUT2D eigenvalue weighted by Gasteiger charge is 2.04. The quantitative estimate of drug-likeness (QED) is 0.164. The van der Waals surface area contributed by atoms with E-state index in [-0.39, 0.29) is 11.7 Å². The Morgan fingerprint density at radius 2 is 1.52 bits per heavy atom. The van der Waals surface area contributed by atoms with Crippen LogP contribution < -0.4 is 11.1 Å². The molecule has 0 heterocycles. The monoisotopic (exact) mass is 569 g/mol. The molecule has 6 nitrogen and oxygen atoms in total. The van der Waals surface area contributed by atoms with Crippen LogP contribution in [0.4, 0.5) is 4.39 Å². The van der Waals surface area contributed by atoms with Crippen LogP contribution in [0.5, 0.6) is 5.75 Å². The van der Waals surface area contributed by atoms with E-state index in [0.29, 0.717) is 30.6 Å². The Bertz CT molecular complexity index is 738. The molecule has 1 aromatic carbocycles. The number of para-hydroxylation sites is 1. The number of nitrogens with two attached hydrogens (primary N) is 1. The van der Waals surface area contributed by atoms with E-state index in [1.165, 1.54) is 31.9 Å². The first-order chi connectivity index (χ1) is 18.6. The minimum absolute atomic E-state index is 0.197. The summed E-state index contributed by atoms with van der Waals surface area (Å²) >= 11 is 0. The molecule has 0 radical (unpaired) electrons. The number of carbonyl (C=O) groups excluding carboxylic acids is 1. The van der Waals surface area contributed by atoms with Gasteiger partial charge in [-0.2, -0.15) is 5.26 Å². The zero-order valence-electron chi connectivity index (χ0n) is 28.2. The lowest BCUT2D eigenvalue weighted by Crippen LogP contribution is -2.14. The fourth-order valence-corrected chi connectivity index (χ4v) is 1.94. The van der Waals surface area contributed by atoms with Crippen molar-refractivity contribution in [3.05, 3.63) is 54.0 Å². The van der Waals surface area contributed by atoms with Crippen LogP contribution in [0.1, 0.15) is 115 Å². The van der Waals surface area contributed by atoms with Gasteiger partial charge in [-0.3, -0.25) is 4.79 Å². The molecule has 0 fully saturated rings. The van der Waals surface area contributed by atoms with Crippen LogP contribution in [0.25, 0.3) is 0 Å². The van der Waals surface area contributed by atoms with Gasteiger partial charge in [0, 0.05) is 26.1 Å². The summed E-state index contributed by atoms with van der Waals surface area (Å²) in [5.41, 5.74) is 7.93. The maximum Gasteiger partial charge on any atom is 0.302 e. The van der Waals surface area contributed by atoms with Gasteiger partial charge in [0.25, 0.3) is 0 Å². The largest absolute Gasteiger partial charge is 0.505 e. The summed E-state index contributed by atoms with van der Waals surface area (Å²) in [5, 5.41) is 19.5. The Hall–Kier alpha value is -2.85. The van der Waals surface area contributed by atoms with Crippen LogP contribution in [0.15, 0.2) is 42.6 Å². The predicted octanol–water partition coefficient (Wildman–Crippen LogP) is 9.09. The van der Waals surface area contributed by atoms with Crippen LogP contribution in [0.3, 0.4) is 0 Å². The number of nitrogens with zero attached hydrogens (tertiary/aromatic N) is 1. The fraction of sp³-hybridized carbons (Fsp3) is 0.636. The summed E-state index contributed by atoms with van der Waals surface area (Å²) in [6, 6.07) is 6.63. The second kappa shape index (κ2) is 40.6. The topological polar surface area (TPSA) is 108 Å². The van der Waals surface area contributed by atoms with E-state index in [0.717, 1.165) is 25.1 Å². The standard InChI is InChI=1S/C11H21NO2.C8H9FO.C4H8.C3H9N.C3H8.C2H3N.C2H6/c1-9(2)12-7-5-6-10(3)8-14-11(4)13;1-2-6-4-3-5-7(9)8(6)10;1-4(2)3;1-3(2)4;1-3-2;1-2-3;1-2/h10,12H,1,5-8H2,2-4H3;3-5,10H,2H2,1H3;1H2,2-3H3;3H,4H2,1-2H3;3H2,1-2H3;1H3;1-2H3. The second-order valence-electron chi connectivity index (χ2n) is 9.24. The molecule has 1 aromatic rings. The third-order valence-electron chi connectivity index (χ3n) is 3.32. The van der Waals surface area contributed by atoms with Crippen molar-refractivity contribution in [2.75, 3.05) is 13.2 Å². The van der Waals surface area contributed by atoms with Crippen molar-refractivity contribution in [3.8, 4) is 11.8 Å². The van der Waals surface area contributed by atoms with Crippen molar-refractivity contribution in [1.29, 1.82) is 5.26 Å². The highest BCUT2D eigenvalue weighted by molar-refractivity contribution is 5.65. The molecule has 0 amide bonds. The number of carbonyl (C=O) groups is 1. The Labute approximate surface area is 247 Å². The summed E-state index contributed by atoms with van der Waals surface area (Å²) < 4.78 is 17.4. The molecule has 0 aromatic heterocycles. The van der Waals surface area contributed by atoms with Gasteiger partial charge in [0.15, 0.2) is 11.6 Å². The second-order valence-corrected chi connectivity index (χ2v) is 9.24. The van der Waals surface area contributed by atoms with E-state index in [1.54, 1.807) is 18.2 Å². The zero-order chi connectivity index (χ0) is 33.1. The molecule has 7 heteroatoms. The molecule has 40 heavy (non-hydrogen) atoms. The van der Waals surface area contributed by atoms with Crippen LogP contribution in [-0.4, -0.2) is 30.3 Å². The predicted molar refractivity (Wildman–Crippen MR) is 174 cm³/mol. The van der Waals surface area contributed by atoms with Crippen LogP contribution in [-0.2, 0) is 16.0 Å². The minimum atomic E-state index is -0.542. The van der Waals surface area contributed by atoms with E-state index in [1.807, 2.05) is 55.4 Å². The van der Waals surface area contributed by atoms with Gasteiger partial charge in [-0.25, -0.2) is 4.39 Å². The van der Waals surface area contributed by atoms with Crippen molar-refractivity contribution in [2.24, 2.45) is 11.7 Å². The van der Waals surface area contributed by atoms with Gasteiger partial charge in [0.1, 0.15) is 0 Å². The summed E-state index contributed by atoms with van der Waals surface area (Å²) in [4.78, 5) is 10.5. The van der Waals surface area contributed by atoms with Gasteiger partial charge in [-0.1, -0.05) is 86.1 Å². The summed E-state index contributed by atoms with van der Waals surface area (Å²) in [5.74, 6) is -0.521. The van der Waals surface area contributed by atoms with Crippen molar-refractivity contribution < 1.29 is 19.0 Å². The van der Waals surface area contributed by atoms with E-state index in [2.05, 4.69) is 39.2 Å². The van der Waals surface area contributed by atoms with Crippen LogP contribution >= 0.6 is 0 Å². The molecule has 1 atom stereocenters. The maximum atomic E-state index is 12.5. The molecule has 0 bridgehead atoms. The lowest BCUT2D eigenvalue weighted by Gasteiger charge is -2.11. The minimum Gasteiger partial charge on any atom is -0.505 e. The van der Waals surface area contributed by atoms with Crippen molar-refractivity contribution in [2.45, 2.75) is 122 Å². The number of esters is 1. The van der Waals surface area contributed by atoms with Gasteiger partial charge >= 0.3 is 5.97 Å². The first kappa shape index (κ1) is 50.0. The van der Waals surface area contributed by atoms with Crippen molar-refractivity contribution in [3.63, 3.8) is 0 Å². The maximum absolute atomic E-state index is 12.5. The van der Waals surface area contributed by atoms with Gasteiger partial charge in [-0.15, -0.1) is 6.58 Å². The third kappa shape index (κ3) is 64.8. The average Bonchev–Trinajstić information content (AvgIpc) is 2.84. The number of aromatic hydroxyl groups is 1. The molecule has 4 N–H and O–H groups in total. The molecule has 0 aliphatic heterocycles. The molecule has 0 saturated carbocycles. The van der Waals surface area contributed by atoms with E-state index < -0.39 is 5.82 Å². The van der Waals surface area contributed by atoms with Gasteiger partial charge < -0.3 is 20.9 Å².